The minimum absolute atomic E-state index is 0.135. The van der Waals surface area contributed by atoms with Crippen molar-refractivity contribution in [3.05, 3.63) is 29.8 Å². The van der Waals surface area contributed by atoms with Gasteiger partial charge in [0.15, 0.2) is 0 Å². The van der Waals surface area contributed by atoms with Crippen LogP contribution in [0.4, 0.5) is 0 Å². The number of carbonyl (C=O) groups excluding carboxylic acids is 1. The standard InChI is InChI=1S/C15H24N2O2/c1-5-11(4)17-14(15(16)18)12-6-8-13(9-7-12)19-10(2)3/h6-11,14,17H,5H2,1-4H3,(H2,16,18). The molecular formula is C15H24N2O2. The molecular weight excluding hydrogens is 240 g/mol. The van der Waals surface area contributed by atoms with Gasteiger partial charge in [0.2, 0.25) is 5.91 Å². The van der Waals surface area contributed by atoms with Crippen molar-refractivity contribution < 1.29 is 9.53 Å². The first-order chi connectivity index (χ1) is 8.93. The predicted octanol–water partition coefficient (Wildman–Crippen LogP) is 2.39. The third-order valence-corrected chi connectivity index (χ3v) is 2.93. The van der Waals surface area contributed by atoms with Crippen LogP contribution in [0.25, 0.3) is 0 Å². The normalized spacial score (nSPS) is 14.2. The number of ether oxygens (including phenoxy) is 1. The van der Waals surface area contributed by atoms with Crippen molar-refractivity contribution in [1.82, 2.24) is 5.32 Å². The van der Waals surface area contributed by atoms with Crippen molar-refractivity contribution in [1.29, 1.82) is 0 Å². The van der Waals surface area contributed by atoms with Crippen molar-refractivity contribution in [2.24, 2.45) is 5.73 Å². The predicted molar refractivity (Wildman–Crippen MR) is 77.0 cm³/mol. The van der Waals surface area contributed by atoms with Gasteiger partial charge in [-0.05, 0) is 44.9 Å². The third-order valence-electron chi connectivity index (χ3n) is 2.93. The van der Waals surface area contributed by atoms with Gasteiger partial charge in [-0.3, -0.25) is 10.1 Å². The van der Waals surface area contributed by atoms with E-state index in [1.165, 1.54) is 0 Å². The molecule has 1 aromatic carbocycles. The Morgan fingerprint density at radius 3 is 2.26 bits per heavy atom. The van der Waals surface area contributed by atoms with Gasteiger partial charge in [-0.25, -0.2) is 0 Å². The molecule has 0 bridgehead atoms. The van der Waals surface area contributed by atoms with Crippen LogP contribution in [0.2, 0.25) is 0 Å². The zero-order valence-electron chi connectivity index (χ0n) is 12.1. The van der Waals surface area contributed by atoms with E-state index in [2.05, 4.69) is 12.2 Å². The highest BCUT2D eigenvalue weighted by Crippen LogP contribution is 2.19. The Bertz CT molecular complexity index is 401. The maximum absolute atomic E-state index is 11.5. The van der Waals surface area contributed by atoms with Crippen LogP contribution in [0.15, 0.2) is 24.3 Å². The van der Waals surface area contributed by atoms with Gasteiger partial charge in [0.25, 0.3) is 0 Å². The smallest absolute Gasteiger partial charge is 0.239 e. The van der Waals surface area contributed by atoms with E-state index in [4.69, 9.17) is 10.5 Å². The van der Waals surface area contributed by atoms with Crippen LogP contribution < -0.4 is 15.8 Å². The van der Waals surface area contributed by atoms with E-state index in [1.54, 1.807) is 0 Å². The molecule has 1 rings (SSSR count). The molecule has 0 fully saturated rings. The highest BCUT2D eigenvalue weighted by molar-refractivity contribution is 5.81. The number of hydrogen-bond acceptors (Lipinski definition) is 3. The highest BCUT2D eigenvalue weighted by Gasteiger charge is 2.19. The van der Waals surface area contributed by atoms with E-state index in [0.29, 0.717) is 0 Å². The van der Waals surface area contributed by atoms with Gasteiger partial charge in [-0.15, -0.1) is 0 Å². The van der Waals surface area contributed by atoms with E-state index in [1.807, 2.05) is 45.0 Å². The molecule has 0 spiro atoms. The number of amides is 1. The Morgan fingerprint density at radius 1 is 1.26 bits per heavy atom. The van der Waals surface area contributed by atoms with Crippen molar-refractivity contribution in [3.8, 4) is 5.75 Å². The molecule has 0 saturated carbocycles. The average molecular weight is 264 g/mol. The lowest BCUT2D eigenvalue weighted by molar-refractivity contribution is -0.120. The maximum atomic E-state index is 11.5. The van der Waals surface area contributed by atoms with Crippen LogP contribution in [0.5, 0.6) is 5.75 Å². The molecule has 0 aliphatic carbocycles. The molecule has 0 aliphatic rings. The fourth-order valence-electron chi connectivity index (χ4n) is 1.76. The maximum Gasteiger partial charge on any atom is 0.239 e. The number of hydrogen-bond donors (Lipinski definition) is 2. The van der Waals surface area contributed by atoms with E-state index < -0.39 is 6.04 Å². The topological polar surface area (TPSA) is 64.3 Å². The zero-order chi connectivity index (χ0) is 14.4. The fraction of sp³-hybridized carbons (Fsp3) is 0.533. The zero-order valence-corrected chi connectivity index (χ0v) is 12.1. The minimum atomic E-state index is -0.456. The molecule has 2 unspecified atom stereocenters. The molecule has 0 aliphatic heterocycles. The SMILES string of the molecule is CCC(C)NC(C(N)=O)c1ccc(OC(C)C)cc1. The molecule has 2 atom stereocenters. The second-order valence-corrected chi connectivity index (χ2v) is 5.05. The molecule has 4 heteroatoms. The summed E-state index contributed by atoms with van der Waals surface area (Å²) in [6.07, 6.45) is 1.08. The Kier molecular flexibility index (Phi) is 5.83. The molecule has 0 radical (unpaired) electrons. The Hall–Kier alpha value is -1.55. The summed E-state index contributed by atoms with van der Waals surface area (Å²) in [7, 11) is 0. The molecule has 0 heterocycles. The van der Waals surface area contributed by atoms with E-state index >= 15 is 0 Å². The number of nitrogens with one attached hydrogen (secondary N) is 1. The highest BCUT2D eigenvalue weighted by atomic mass is 16.5. The molecule has 19 heavy (non-hydrogen) atoms. The van der Waals surface area contributed by atoms with Crippen molar-refractivity contribution in [3.63, 3.8) is 0 Å². The second-order valence-electron chi connectivity index (χ2n) is 5.05. The summed E-state index contributed by atoms with van der Waals surface area (Å²) in [5.41, 5.74) is 6.32. The lowest BCUT2D eigenvalue weighted by Gasteiger charge is -2.20. The summed E-state index contributed by atoms with van der Waals surface area (Å²) in [4.78, 5) is 11.5. The van der Waals surface area contributed by atoms with Gasteiger partial charge in [0.1, 0.15) is 11.8 Å². The minimum Gasteiger partial charge on any atom is -0.491 e. The van der Waals surface area contributed by atoms with Gasteiger partial charge in [-0.2, -0.15) is 0 Å². The Balaban J connectivity index is 2.82. The van der Waals surface area contributed by atoms with E-state index in [-0.39, 0.29) is 18.1 Å². The van der Waals surface area contributed by atoms with E-state index in [9.17, 15) is 4.79 Å². The number of carbonyl (C=O) groups is 1. The second kappa shape index (κ2) is 7.14. The molecule has 0 aromatic heterocycles. The average Bonchev–Trinajstić information content (AvgIpc) is 2.35. The number of primary amides is 1. The lowest BCUT2D eigenvalue weighted by Crippen LogP contribution is -2.38. The number of benzene rings is 1. The summed E-state index contributed by atoms with van der Waals surface area (Å²) in [6.45, 7) is 8.05. The van der Waals surface area contributed by atoms with Crippen LogP contribution in [0.3, 0.4) is 0 Å². The lowest BCUT2D eigenvalue weighted by atomic mass is 10.0. The Labute approximate surface area is 115 Å². The van der Waals surface area contributed by atoms with Gasteiger partial charge < -0.3 is 10.5 Å². The Morgan fingerprint density at radius 2 is 1.84 bits per heavy atom. The summed E-state index contributed by atoms with van der Waals surface area (Å²) < 4.78 is 5.58. The first kappa shape index (κ1) is 15.5. The fourth-order valence-corrected chi connectivity index (χ4v) is 1.76. The summed E-state index contributed by atoms with van der Waals surface area (Å²) in [6, 6.07) is 7.27. The number of rotatable bonds is 7. The monoisotopic (exact) mass is 264 g/mol. The van der Waals surface area contributed by atoms with Crippen LogP contribution >= 0.6 is 0 Å². The summed E-state index contributed by atoms with van der Waals surface area (Å²) >= 11 is 0. The van der Waals surface area contributed by atoms with Crippen LogP contribution in [-0.2, 0) is 4.79 Å². The van der Waals surface area contributed by atoms with Gasteiger partial charge in [0, 0.05) is 6.04 Å². The van der Waals surface area contributed by atoms with Crippen LogP contribution in [0, 0.1) is 0 Å². The van der Waals surface area contributed by atoms with E-state index in [0.717, 1.165) is 17.7 Å². The van der Waals surface area contributed by atoms with Crippen LogP contribution in [-0.4, -0.2) is 18.1 Å². The number of nitrogens with two attached hydrogens (primary N) is 1. The quantitative estimate of drug-likeness (QED) is 0.794. The van der Waals surface area contributed by atoms with Crippen molar-refractivity contribution in [2.45, 2.75) is 52.3 Å². The largest absolute Gasteiger partial charge is 0.491 e. The van der Waals surface area contributed by atoms with Gasteiger partial charge >= 0.3 is 0 Å². The summed E-state index contributed by atoms with van der Waals surface area (Å²) in [5, 5.41) is 3.23. The van der Waals surface area contributed by atoms with Crippen LogP contribution in [0.1, 0.15) is 45.7 Å². The molecule has 3 N–H and O–H groups in total. The van der Waals surface area contributed by atoms with Crippen molar-refractivity contribution in [2.75, 3.05) is 0 Å². The molecule has 4 nitrogen and oxygen atoms in total. The molecule has 1 amide bonds. The van der Waals surface area contributed by atoms with Crippen molar-refractivity contribution >= 4 is 5.91 Å². The molecule has 106 valence electrons. The molecule has 0 saturated heterocycles. The third kappa shape index (κ3) is 4.91. The molecule has 1 aromatic rings. The van der Waals surface area contributed by atoms with Gasteiger partial charge in [0.05, 0.1) is 6.10 Å². The first-order valence-corrected chi connectivity index (χ1v) is 6.76. The summed E-state index contributed by atoms with van der Waals surface area (Å²) in [5.74, 6) is 0.434. The first-order valence-electron chi connectivity index (χ1n) is 6.76. The van der Waals surface area contributed by atoms with Gasteiger partial charge in [-0.1, -0.05) is 19.1 Å².